The number of nitrogens with zero attached hydrogens (tertiary/aromatic N) is 1. The Morgan fingerprint density at radius 1 is 0.743 bits per heavy atom. The Kier molecular flexibility index (Phi) is 8.97. The van der Waals surface area contributed by atoms with Crippen molar-refractivity contribution in [2.75, 3.05) is 20.2 Å². The first-order chi connectivity index (χ1) is 17.3. The highest BCUT2D eigenvalue weighted by atomic mass is 32.2. The maximum atomic E-state index is 5.61. The zero-order valence-corrected chi connectivity index (χ0v) is 21.8. The molecule has 2 fully saturated rings. The van der Waals surface area contributed by atoms with E-state index in [0.29, 0.717) is 24.2 Å². The predicted molar refractivity (Wildman–Crippen MR) is 143 cm³/mol. The molecule has 0 amide bonds. The van der Waals surface area contributed by atoms with E-state index >= 15 is 0 Å². The van der Waals surface area contributed by atoms with E-state index in [4.69, 9.17) is 9.72 Å². The van der Waals surface area contributed by atoms with Crippen LogP contribution in [0.15, 0.2) is 46.2 Å². The molecule has 6 nitrogen and oxygen atoms in total. The second-order valence-electron chi connectivity index (χ2n) is 10.2. The van der Waals surface area contributed by atoms with Gasteiger partial charge in [-0.15, -0.1) is 0 Å². The first kappa shape index (κ1) is 25.0. The smallest absolute Gasteiger partial charge is 0.132 e. The van der Waals surface area contributed by atoms with Crippen molar-refractivity contribution < 1.29 is 4.74 Å². The first-order valence-electron chi connectivity index (χ1n) is 13.5. The summed E-state index contributed by atoms with van der Waals surface area (Å²) in [5.41, 5.74) is 2.25. The lowest BCUT2D eigenvalue weighted by molar-refractivity contribution is 0.266. The minimum Gasteiger partial charge on any atom is -0.496 e. The van der Waals surface area contributed by atoms with E-state index in [2.05, 4.69) is 45.5 Å². The van der Waals surface area contributed by atoms with Gasteiger partial charge in [-0.3, -0.25) is 4.98 Å². The molecule has 2 heterocycles. The van der Waals surface area contributed by atoms with Gasteiger partial charge in [0.1, 0.15) is 5.75 Å². The molecule has 1 aliphatic heterocycles. The van der Waals surface area contributed by atoms with E-state index in [0.717, 1.165) is 48.2 Å². The van der Waals surface area contributed by atoms with Crippen LogP contribution in [0.1, 0.15) is 62.8 Å². The normalized spacial score (nSPS) is 28.1. The molecular weight excluding hydrogens is 454 g/mol. The van der Waals surface area contributed by atoms with Crippen molar-refractivity contribution in [2.45, 2.75) is 98.4 Å². The van der Waals surface area contributed by atoms with E-state index in [1.54, 1.807) is 18.9 Å². The van der Waals surface area contributed by atoms with E-state index in [1.165, 1.54) is 56.3 Å². The number of pyridine rings is 1. The second kappa shape index (κ2) is 12.5. The monoisotopic (exact) mass is 495 g/mol. The van der Waals surface area contributed by atoms with Gasteiger partial charge in [0.25, 0.3) is 0 Å². The van der Waals surface area contributed by atoms with Crippen molar-refractivity contribution in [2.24, 2.45) is 0 Å². The summed E-state index contributed by atoms with van der Waals surface area (Å²) in [5.74, 6) is 0.916. The number of fused-ring (bicyclic) bond motifs is 4. The molecule has 0 spiro atoms. The van der Waals surface area contributed by atoms with Gasteiger partial charge in [-0.1, -0.05) is 49.6 Å². The van der Waals surface area contributed by atoms with Gasteiger partial charge in [0, 0.05) is 55.2 Å². The molecule has 1 aromatic heterocycles. The van der Waals surface area contributed by atoms with Crippen LogP contribution in [-0.4, -0.2) is 49.4 Å². The summed E-state index contributed by atoms with van der Waals surface area (Å²) in [6, 6.07) is 14.9. The largest absolute Gasteiger partial charge is 0.496 e. The summed E-state index contributed by atoms with van der Waals surface area (Å²) >= 11 is 1.76. The Balaban J connectivity index is 1.40. The van der Waals surface area contributed by atoms with Crippen LogP contribution in [0.25, 0.3) is 0 Å². The Labute approximate surface area is 214 Å². The van der Waals surface area contributed by atoms with Gasteiger partial charge in [-0.2, -0.15) is 0 Å². The lowest BCUT2D eigenvalue weighted by Gasteiger charge is -2.34. The summed E-state index contributed by atoms with van der Waals surface area (Å²) in [6.45, 7) is 3.69. The highest BCUT2D eigenvalue weighted by molar-refractivity contribution is 7.99. The number of hydrogen-bond donors (Lipinski definition) is 4. The van der Waals surface area contributed by atoms with Crippen molar-refractivity contribution >= 4 is 11.8 Å². The minimum atomic E-state index is 0.505. The lowest BCUT2D eigenvalue weighted by Crippen LogP contribution is -2.53. The van der Waals surface area contributed by atoms with Crippen LogP contribution in [0.4, 0.5) is 0 Å². The van der Waals surface area contributed by atoms with Gasteiger partial charge in [0.15, 0.2) is 0 Å². The van der Waals surface area contributed by atoms with Gasteiger partial charge >= 0.3 is 0 Å². The SMILES string of the molecule is COc1ccccc1Sc1cc2nc(c1)CN[C@@H]1CCCC[C@H]1NCCNC1CCCCC1NC2. The Morgan fingerprint density at radius 3 is 1.80 bits per heavy atom. The highest BCUT2D eigenvalue weighted by Crippen LogP contribution is 2.35. The van der Waals surface area contributed by atoms with Crippen LogP contribution in [-0.2, 0) is 13.1 Å². The first-order valence-corrected chi connectivity index (χ1v) is 14.3. The van der Waals surface area contributed by atoms with Crippen LogP contribution in [0.5, 0.6) is 5.75 Å². The average molecular weight is 496 g/mol. The molecule has 7 heteroatoms. The highest BCUT2D eigenvalue weighted by Gasteiger charge is 2.27. The number of ether oxygens (including phenoxy) is 1. The summed E-state index contributed by atoms with van der Waals surface area (Å²) in [7, 11) is 1.74. The fraction of sp³-hybridized carbons (Fsp3) is 0.607. The number of benzene rings is 1. The van der Waals surface area contributed by atoms with E-state index < -0.39 is 0 Å². The average Bonchev–Trinajstić information content (AvgIpc) is 2.90. The molecular formula is C28H41N5OS. The molecule has 2 aromatic rings. The predicted octanol–water partition coefficient (Wildman–Crippen LogP) is 4.24. The molecule has 4 atom stereocenters. The third-order valence-corrected chi connectivity index (χ3v) is 8.79. The van der Waals surface area contributed by atoms with Crippen molar-refractivity contribution in [3.05, 3.63) is 47.8 Å². The molecule has 2 aliphatic carbocycles. The summed E-state index contributed by atoms with van der Waals surface area (Å²) in [6.07, 6.45) is 10.3. The van der Waals surface area contributed by atoms with E-state index in [9.17, 15) is 0 Å². The fourth-order valence-electron chi connectivity index (χ4n) is 5.91. The van der Waals surface area contributed by atoms with Gasteiger partial charge in [0.2, 0.25) is 0 Å². The Bertz CT molecular complexity index is 908. The van der Waals surface area contributed by atoms with Gasteiger partial charge in [0.05, 0.1) is 23.4 Å². The maximum absolute atomic E-state index is 5.61. The molecule has 190 valence electrons. The number of methoxy groups -OCH3 is 1. The molecule has 2 bridgehead atoms. The number of para-hydroxylation sites is 1. The molecule has 1 aromatic carbocycles. The van der Waals surface area contributed by atoms with Crippen LogP contribution in [0.3, 0.4) is 0 Å². The van der Waals surface area contributed by atoms with Crippen LogP contribution in [0.2, 0.25) is 0 Å². The Hall–Kier alpha value is -1.64. The van der Waals surface area contributed by atoms with Gasteiger partial charge in [-0.05, 0) is 49.9 Å². The van der Waals surface area contributed by atoms with E-state index in [-0.39, 0.29) is 0 Å². The minimum absolute atomic E-state index is 0.505. The number of rotatable bonds is 3. The quantitative estimate of drug-likeness (QED) is 0.508. The molecule has 2 saturated carbocycles. The van der Waals surface area contributed by atoms with Crippen molar-refractivity contribution in [1.29, 1.82) is 0 Å². The van der Waals surface area contributed by atoms with E-state index in [1.807, 2.05) is 12.1 Å². The molecule has 35 heavy (non-hydrogen) atoms. The standard InChI is InChI=1S/C28H41N5OS/c1-34-27-12-6-7-13-28(27)35-22-16-20-18-31-25-10-4-2-8-23(25)29-14-15-30-24-9-3-5-11-26(24)32-19-21(17-22)33-20/h6-7,12-13,16-17,23-26,29-32H,2-5,8-11,14-15,18-19H2,1H3/t23-,24?,25-,26?/m1/s1. The number of nitrogens with one attached hydrogen (secondary N) is 4. The van der Waals surface area contributed by atoms with Crippen LogP contribution < -0.4 is 26.0 Å². The molecule has 0 saturated heterocycles. The third kappa shape index (κ3) is 6.77. The zero-order valence-electron chi connectivity index (χ0n) is 21.0. The number of hydrogen-bond acceptors (Lipinski definition) is 7. The van der Waals surface area contributed by atoms with Gasteiger partial charge < -0.3 is 26.0 Å². The summed E-state index contributed by atoms with van der Waals surface area (Å²) < 4.78 is 5.61. The lowest BCUT2D eigenvalue weighted by atomic mass is 9.89. The molecule has 4 N–H and O–H groups in total. The molecule has 2 unspecified atom stereocenters. The summed E-state index contributed by atoms with van der Waals surface area (Å²) in [5, 5.41) is 15.5. The molecule has 3 aliphatic rings. The maximum Gasteiger partial charge on any atom is 0.132 e. The third-order valence-electron chi connectivity index (χ3n) is 7.76. The van der Waals surface area contributed by atoms with Crippen LogP contribution in [0, 0.1) is 0 Å². The van der Waals surface area contributed by atoms with Crippen molar-refractivity contribution in [1.82, 2.24) is 26.3 Å². The topological polar surface area (TPSA) is 70.2 Å². The molecule has 0 radical (unpaired) electrons. The zero-order chi connectivity index (χ0) is 23.9. The van der Waals surface area contributed by atoms with Gasteiger partial charge in [-0.25, -0.2) is 0 Å². The number of aromatic nitrogens is 1. The Morgan fingerprint density at radius 2 is 1.26 bits per heavy atom. The van der Waals surface area contributed by atoms with Crippen LogP contribution >= 0.6 is 11.8 Å². The van der Waals surface area contributed by atoms with Crippen molar-refractivity contribution in [3.63, 3.8) is 0 Å². The molecule has 5 rings (SSSR count). The van der Waals surface area contributed by atoms with Crippen molar-refractivity contribution in [3.8, 4) is 5.75 Å². The fourth-order valence-corrected chi connectivity index (χ4v) is 6.96. The summed E-state index contributed by atoms with van der Waals surface area (Å²) in [4.78, 5) is 7.45. The second-order valence-corrected chi connectivity index (χ2v) is 11.3.